The van der Waals surface area contributed by atoms with Crippen molar-refractivity contribution in [1.82, 2.24) is 4.90 Å². The van der Waals surface area contributed by atoms with Crippen LogP contribution in [0.2, 0.25) is 0 Å². The fourth-order valence-corrected chi connectivity index (χ4v) is 4.01. The number of amides is 2. The highest BCUT2D eigenvalue weighted by Gasteiger charge is 2.70. The zero-order valence-electron chi connectivity index (χ0n) is 12.1. The Balaban J connectivity index is 1.69. The molecule has 4 heteroatoms. The molecule has 2 fully saturated rings. The van der Waals surface area contributed by atoms with Gasteiger partial charge in [-0.25, -0.2) is 0 Å². The van der Waals surface area contributed by atoms with Gasteiger partial charge in [-0.1, -0.05) is 42.5 Å². The average molecular weight is 283 g/mol. The highest BCUT2D eigenvalue weighted by atomic mass is 16.5. The van der Waals surface area contributed by atoms with E-state index in [1.165, 1.54) is 4.90 Å². The molecule has 4 atom stereocenters. The number of benzene rings is 1. The zero-order valence-corrected chi connectivity index (χ0v) is 12.1. The third-order valence-corrected chi connectivity index (χ3v) is 5.00. The smallest absolute Gasteiger partial charge is 0.236 e. The van der Waals surface area contributed by atoms with Crippen LogP contribution in [0.25, 0.3) is 0 Å². The standard InChI is InChI=1S/C17H17NO3/c1-16-8-9-17(2,21-16)13-12(16)14(19)18(15(13)20)10-11-6-4-3-5-7-11/h3-9,12-13H,10H2,1-2H3/t12-,13-,16+,17+/m1/s1. The Morgan fingerprint density at radius 1 is 1.00 bits per heavy atom. The largest absolute Gasteiger partial charge is 0.359 e. The molecule has 4 rings (SSSR count). The van der Waals surface area contributed by atoms with Crippen molar-refractivity contribution >= 4 is 11.8 Å². The lowest BCUT2D eigenvalue weighted by Gasteiger charge is -2.25. The Bertz CT molecular complexity index is 632. The maximum absolute atomic E-state index is 12.7. The van der Waals surface area contributed by atoms with Crippen LogP contribution in [-0.2, 0) is 20.9 Å². The number of fused-ring (bicyclic) bond motifs is 5. The first-order valence-electron chi connectivity index (χ1n) is 7.24. The van der Waals surface area contributed by atoms with Gasteiger partial charge in [-0.2, -0.15) is 0 Å². The van der Waals surface area contributed by atoms with Gasteiger partial charge in [0.05, 0.1) is 29.6 Å². The van der Waals surface area contributed by atoms with Crippen molar-refractivity contribution in [1.29, 1.82) is 0 Å². The minimum atomic E-state index is -0.641. The molecule has 3 aliphatic heterocycles. The number of ether oxygens (including phenoxy) is 1. The van der Waals surface area contributed by atoms with Crippen LogP contribution < -0.4 is 0 Å². The molecule has 0 aromatic heterocycles. The Morgan fingerprint density at radius 2 is 1.52 bits per heavy atom. The second kappa shape index (κ2) is 3.83. The summed E-state index contributed by atoms with van der Waals surface area (Å²) in [7, 11) is 0. The minimum Gasteiger partial charge on any atom is -0.359 e. The van der Waals surface area contributed by atoms with Gasteiger partial charge in [-0.3, -0.25) is 14.5 Å². The van der Waals surface area contributed by atoms with Crippen LogP contribution in [0.4, 0.5) is 0 Å². The molecule has 0 unspecified atom stereocenters. The summed E-state index contributed by atoms with van der Waals surface area (Å²) in [4.78, 5) is 26.9. The predicted molar refractivity (Wildman–Crippen MR) is 76.0 cm³/mol. The highest BCUT2D eigenvalue weighted by molar-refractivity contribution is 6.07. The number of rotatable bonds is 2. The van der Waals surface area contributed by atoms with Gasteiger partial charge in [0.15, 0.2) is 0 Å². The van der Waals surface area contributed by atoms with Crippen molar-refractivity contribution in [2.24, 2.45) is 11.8 Å². The van der Waals surface area contributed by atoms with E-state index in [1.807, 2.05) is 56.3 Å². The van der Waals surface area contributed by atoms with E-state index in [-0.39, 0.29) is 23.7 Å². The number of carbonyl (C=O) groups is 2. The number of nitrogens with zero attached hydrogens (tertiary/aromatic N) is 1. The van der Waals surface area contributed by atoms with Crippen LogP contribution in [0.15, 0.2) is 42.5 Å². The lowest BCUT2D eigenvalue weighted by atomic mass is 9.73. The summed E-state index contributed by atoms with van der Waals surface area (Å²) < 4.78 is 5.97. The second-order valence-electron chi connectivity index (χ2n) is 6.51. The Kier molecular flexibility index (Phi) is 2.33. The number of hydrogen-bond donors (Lipinski definition) is 0. The molecule has 3 heterocycles. The maximum Gasteiger partial charge on any atom is 0.236 e. The molecule has 0 N–H and O–H groups in total. The Morgan fingerprint density at radius 3 is 2.05 bits per heavy atom. The molecule has 2 bridgehead atoms. The van der Waals surface area contributed by atoms with Gasteiger partial charge in [0.2, 0.25) is 11.8 Å². The van der Waals surface area contributed by atoms with Gasteiger partial charge in [0, 0.05) is 0 Å². The van der Waals surface area contributed by atoms with Crippen molar-refractivity contribution in [2.45, 2.75) is 31.6 Å². The van der Waals surface area contributed by atoms with E-state index in [9.17, 15) is 9.59 Å². The molecular formula is C17H17NO3. The minimum absolute atomic E-state index is 0.107. The van der Waals surface area contributed by atoms with Crippen LogP contribution in [0.5, 0.6) is 0 Å². The lowest BCUT2D eigenvalue weighted by molar-refractivity contribution is -0.146. The summed E-state index contributed by atoms with van der Waals surface area (Å²) in [6, 6.07) is 9.62. The number of hydrogen-bond acceptors (Lipinski definition) is 3. The molecule has 0 spiro atoms. The third kappa shape index (κ3) is 1.54. The van der Waals surface area contributed by atoms with Gasteiger partial charge in [0.25, 0.3) is 0 Å². The first-order chi connectivity index (χ1) is 9.95. The molecular weight excluding hydrogens is 266 g/mol. The summed E-state index contributed by atoms with van der Waals surface area (Å²) >= 11 is 0. The Hall–Kier alpha value is -1.94. The number of likely N-dealkylation sites (tertiary alicyclic amines) is 1. The molecule has 1 aromatic rings. The average Bonchev–Trinajstić information content (AvgIpc) is 2.99. The molecule has 1 aromatic carbocycles. The van der Waals surface area contributed by atoms with Crippen LogP contribution in [-0.4, -0.2) is 27.9 Å². The van der Waals surface area contributed by atoms with Gasteiger partial charge in [-0.15, -0.1) is 0 Å². The third-order valence-electron chi connectivity index (χ3n) is 5.00. The van der Waals surface area contributed by atoms with E-state index in [1.54, 1.807) is 0 Å². The molecule has 0 radical (unpaired) electrons. The number of imide groups is 1. The fourth-order valence-electron chi connectivity index (χ4n) is 4.01. The normalized spacial score (nSPS) is 40.2. The second-order valence-corrected chi connectivity index (χ2v) is 6.51. The van der Waals surface area contributed by atoms with E-state index in [4.69, 9.17) is 4.74 Å². The molecule has 0 aliphatic carbocycles. The molecule has 2 amide bonds. The topological polar surface area (TPSA) is 46.6 Å². The van der Waals surface area contributed by atoms with Gasteiger partial charge < -0.3 is 4.74 Å². The summed E-state index contributed by atoms with van der Waals surface area (Å²) in [5.41, 5.74) is -0.314. The van der Waals surface area contributed by atoms with Crippen molar-refractivity contribution in [3.05, 3.63) is 48.0 Å². The van der Waals surface area contributed by atoms with Gasteiger partial charge in [-0.05, 0) is 19.4 Å². The van der Waals surface area contributed by atoms with Crippen LogP contribution >= 0.6 is 0 Å². The van der Waals surface area contributed by atoms with Crippen molar-refractivity contribution < 1.29 is 14.3 Å². The van der Waals surface area contributed by atoms with E-state index < -0.39 is 11.2 Å². The highest BCUT2D eigenvalue weighted by Crippen LogP contribution is 2.57. The maximum atomic E-state index is 12.7. The van der Waals surface area contributed by atoms with Crippen LogP contribution in [0.3, 0.4) is 0 Å². The zero-order chi connectivity index (χ0) is 14.8. The van der Waals surface area contributed by atoms with E-state index >= 15 is 0 Å². The lowest BCUT2D eigenvalue weighted by Crippen LogP contribution is -2.39. The fraction of sp³-hybridized carbons (Fsp3) is 0.412. The SMILES string of the molecule is C[C@@]12C=C[C@](C)(O1)[C@H]1C(=O)N(Cc3ccccc3)C(=O)[C@@H]12. The first-order valence-corrected chi connectivity index (χ1v) is 7.24. The van der Waals surface area contributed by atoms with Crippen molar-refractivity contribution in [3.63, 3.8) is 0 Å². The van der Waals surface area contributed by atoms with Crippen molar-refractivity contribution in [2.75, 3.05) is 0 Å². The molecule has 0 saturated carbocycles. The van der Waals surface area contributed by atoms with E-state index in [2.05, 4.69) is 0 Å². The van der Waals surface area contributed by atoms with Crippen molar-refractivity contribution in [3.8, 4) is 0 Å². The van der Waals surface area contributed by atoms with Gasteiger partial charge in [0.1, 0.15) is 0 Å². The molecule has 108 valence electrons. The van der Waals surface area contributed by atoms with E-state index in [0.717, 1.165) is 5.56 Å². The summed E-state index contributed by atoms with van der Waals surface area (Å²) in [5, 5.41) is 0. The predicted octanol–water partition coefficient (Wildman–Crippen LogP) is 1.91. The molecule has 2 saturated heterocycles. The van der Waals surface area contributed by atoms with Crippen LogP contribution in [0, 0.1) is 11.8 Å². The summed E-state index contributed by atoms with van der Waals surface area (Å²) in [6.45, 7) is 4.14. The summed E-state index contributed by atoms with van der Waals surface area (Å²) in [6.07, 6.45) is 3.87. The molecule has 21 heavy (non-hydrogen) atoms. The summed E-state index contributed by atoms with van der Waals surface area (Å²) in [5.74, 6) is -0.985. The Labute approximate surface area is 123 Å². The molecule has 3 aliphatic rings. The number of carbonyl (C=O) groups excluding carboxylic acids is 2. The first kappa shape index (κ1) is 12.8. The quantitative estimate of drug-likeness (QED) is 0.615. The monoisotopic (exact) mass is 283 g/mol. The van der Waals surface area contributed by atoms with Gasteiger partial charge >= 0.3 is 0 Å². The molecule has 4 nitrogen and oxygen atoms in total. The van der Waals surface area contributed by atoms with E-state index in [0.29, 0.717) is 6.54 Å². The van der Waals surface area contributed by atoms with Crippen LogP contribution in [0.1, 0.15) is 19.4 Å².